The normalized spacial score (nSPS) is 25.5. The minimum absolute atomic E-state index is 0. The number of guanidine groups is 1. The third-order valence-electron chi connectivity index (χ3n) is 4.56. The average Bonchev–Trinajstić information content (AvgIpc) is 3.22. The van der Waals surface area contributed by atoms with Crippen LogP contribution in [-0.2, 0) is 6.54 Å². The van der Waals surface area contributed by atoms with Crippen molar-refractivity contribution in [1.82, 2.24) is 15.1 Å². The highest BCUT2D eigenvalue weighted by Gasteiger charge is 2.34. The van der Waals surface area contributed by atoms with Gasteiger partial charge in [-0.15, -0.1) is 24.0 Å². The Morgan fingerprint density at radius 3 is 2.36 bits per heavy atom. The van der Waals surface area contributed by atoms with Crippen LogP contribution in [0.3, 0.4) is 0 Å². The molecule has 1 aliphatic carbocycles. The second-order valence-corrected chi connectivity index (χ2v) is 6.26. The monoisotopic (exact) mass is 414 g/mol. The summed E-state index contributed by atoms with van der Waals surface area (Å²) in [4.78, 5) is 9.37. The van der Waals surface area contributed by atoms with Crippen molar-refractivity contribution in [1.29, 1.82) is 0 Å². The molecule has 3 rings (SSSR count). The van der Waals surface area contributed by atoms with E-state index in [1.165, 1.54) is 12.0 Å². The van der Waals surface area contributed by atoms with Crippen molar-refractivity contribution in [2.45, 2.75) is 25.9 Å². The SMILES string of the molecule is CN=C(NC1CC1C)N1CCN(Cc2ccccc2)CC1.I. The molecule has 2 fully saturated rings. The van der Waals surface area contributed by atoms with E-state index in [0.717, 1.165) is 44.6 Å². The molecule has 22 heavy (non-hydrogen) atoms. The molecule has 0 amide bonds. The molecule has 2 atom stereocenters. The molecule has 1 saturated carbocycles. The molecule has 1 N–H and O–H groups in total. The first-order valence-corrected chi connectivity index (χ1v) is 8.01. The first-order chi connectivity index (χ1) is 10.3. The number of hydrogen-bond acceptors (Lipinski definition) is 2. The molecule has 0 spiro atoms. The second-order valence-electron chi connectivity index (χ2n) is 6.26. The Balaban J connectivity index is 0.00000176. The van der Waals surface area contributed by atoms with Crippen LogP contribution in [-0.4, -0.2) is 55.0 Å². The molecular weight excluding hydrogens is 387 g/mol. The molecule has 122 valence electrons. The van der Waals surface area contributed by atoms with Gasteiger partial charge in [-0.05, 0) is 17.9 Å². The van der Waals surface area contributed by atoms with Gasteiger partial charge < -0.3 is 10.2 Å². The van der Waals surface area contributed by atoms with Gasteiger partial charge in [-0.3, -0.25) is 9.89 Å². The van der Waals surface area contributed by atoms with Crippen LogP contribution in [0.2, 0.25) is 0 Å². The molecule has 0 bridgehead atoms. The molecule has 1 aliphatic heterocycles. The Bertz CT molecular complexity index is 483. The predicted molar refractivity (Wildman–Crippen MR) is 103 cm³/mol. The minimum atomic E-state index is 0. The van der Waals surface area contributed by atoms with Crippen LogP contribution < -0.4 is 5.32 Å². The summed E-state index contributed by atoms with van der Waals surface area (Å²) in [6.07, 6.45) is 1.28. The maximum atomic E-state index is 4.45. The Morgan fingerprint density at radius 1 is 1.18 bits per heavy atom. The molecular formula is C17H27IN4. The Kier molecular flexibility index (Phi) is 6.50. The van der Waals surface area contributed by atoms with E-state index in [0.29, 0.717) is 6.04 Å². The van der Waals surface area contributed by atoms with E-state index in [2.05, 4.69) is 57.4 Å². The minimum Gasteiger partial charge on any atom is -0.353 e. The van der Waals surface area contributed by atoms with Gasteiger partial charge in [-0.2, -0.15) is 0 Å². The van der Waals surface area contributed by atoms with Crippen LogP contribution in [0, 0.1) is 5.92 Å². The van der Waals surface area contributed by atoms with E-state index in [1.54, 1.807) is 0 Å². The van der Waals surface area contributed by atoms with Gasteiger partial charge >= 0.3 is 0 Å². The zero-order chi connectivity index (χ0) is 14.7. The van der Waals surface area contributed by atoms with Gasteiger partial charge in [0.1, 0.15) is 0 Å². The fourth-order valence-electron chi connectivity index (χ4n) is 2.95. The van der Waals surface area contributed by atoms with Crippen LogP contribution in [0.15, 0.2) is 35.3 Å². The van der Waals surface area contributed by atoms with E-state index in [4.69, 9.17) is 0 Å². The number of hydrogen-bond donors (Lipinski definition) is 1. The zero-order valence-electron chi connectivity index (χ0n) is 13.5. The molecule has 2 aliphatic rings. The number of nitrogens with one attached hydrogen (secondary N) is 1. The highest BCUT2D eigenvalue weighted by atomic mass is 127. The fraction of sp³-hybridized carbons (Fsp3) is 0.588. The number of benzene rings is 1. The van der Waals surface area contributed by atoms with Crippen molar-refractivity contribution in [2.75, 3.05) is 33.2 Å². The van der Waals surface area contributed by atoms with Gasteiger partial charge in [-0.1, -0.05) is 37.3 Å². The molecule has 1 heterocycles. The van der Waals surface area contributed by atoms with Gasteiger partial charge in [-0.25, -0.2) is 0 Å². The first-order valence-electron chi connectivity index (χ1n) is 8.01. The first kappa shape index (κ1) is 17.5. The molecule has 1 aromatic rings. The van der Waals surface area contributed by atoms with Crippen molar-refractivity contribution < 1.29 is 0 Å². The number of rotatable bonds is 3. The Hall–Kier alpha value is -0.820. The lowest BCUT2D eigenvalue weighted by Gasteiger charge is -2.36. The van der Waals surface area contributed by atoms with Crippen molar-refractivity contribution in [3.05, 3.63) is 35.9 Å². The molecule has 1 saturated heterocycles. The Labute approximate surface area is 151 Å². The molecule has 2 unspecified atom stereocenters. The highest BCUT2D eigenvalue weighted by molar-refractivity contribution is 14.0. The zero-order valence-corrected chi connectivity index (χ0v) is 15.9. The fourth-order valence-corrected chi connectivity index (χ4v) is 2.95. The van der Waals surface area contributed by atoms with Gasteiger partial charge in [0.05, 0.1) is 0 Å². The van der Waals surface area contributed by atoms with Crippen molar-refractivity contribution in [3.8, 4) is 0 Å². The van der Waals surface area contributed by atoms with Crippen LogP contribution in [0.25, 0.3) is 0 Å². The van der Waals surface area contributed by atoms with Crippen LogP contribution >= 0.6 is 24.0 Å². The van der Waals surface area contributed by atoms with Crippen LogP contribution in [0.1, 0.15) is 18.9 Å². The van der Waals surface area contributed by atoms with Crippen LogP contribution in [0.5, 0.6) is 0 Å². The third-order valence-corrected chi connectivity index (χ3v) is 4.56. The largest absolute Gasteiger partial charge is 0.353 e. The number of aliphatic imine (C=N–C) groups is 1. The lowest BCUT2D eigenvalue weighted by molar-refractivity contribution is 0.172. The van der Waals surface area contributed by atoms with Crippen molar-refractivity contribution in [3.63, 3.8) is 0 Å². The maximum absolute atomic E-state index is 4.45. The summed E-state index contributed by atoms with van der Waals surface area (Å²) in [5.74, 6) is 1.89. The molecule has 1 aromatic carbocycles. The van der Waals surface area contributed by atoms with E-state index in [9.17, 15) is 0 Å². The maximum Gasteiger partial charge on any atom is 0.193 e. The van der Waals surface area contributed by atoms with Crippen molar-refractivity contribution >= 4 is 29.9 Å². The van der Waals surface area contributed by atoms with Gasteiger partial charge in [0.2, 0.25) is 0 Å². The van der Waals surface area contributed by atoms with Gasteiger partial charge in [0, 0.05) is 45.8 Å². The van der Waals surface area contributed by atoms with Crippen molar-refractivity contribution in [2.24, 2.45) is 10.9 Å². The van der Waals surface area contributed by atoms with Crippen LogP contribution in [0.4, 0.5) is 0 Å². The third kappa shape index (κ3) is 4.59. The lowest BCUT2D eigenvalue weighted by Crippen LogP contribution is -2.52. The van der Waals surface area contributed by atoms with E-state index < -0.39 is 0 Å². The summed E-state index contributed by atoms with van der Waals surface area (Å²) in [7, 11) is 1.89. The summed E-state index contributed by atoms with van der Waals surface area (Å²) in [6.45, 7) is 7.69. The van der Waals surface area contributed by atoms with E-state index in [1.807, 2.05) is 7.05 Å². The topological polar surface area (TPSA) is 30.9 Å². The summed E-state index contributed by atoms with van der Waals surface area (Å²) in [5.41, 5.74) is 1.40. The van der Waals surface area contributed by atoms with E-state index >= 15 is 0 Å². The van der Waals surface area contributed by atoms with E-state index in [-0.39, 0.29) is 24.0 Å². The summed E-state index contributed by atoms with van der Waals surface area (Å²) >= 11 is 0. The number of nitrogens with zero attached hydrogens (tertiary/aromatic N) is 3. The smallest absolute Gasteiger partial charge is 0.193 e. The quantitative estimate of drug-likeness (QED) is 0.468. The second kappa shape index (κ2) is 8.15. The molecule has 4 nitrogen and oxygen atoms in total. The molecule has 0 aromatic heterocycles. The predicted octanol–water partition coefficient (Wildman–Crippen LogP) is 2.41. The molecule has 5 heteroatoms. The summed E-state index contributed by atoms with van der Waals surface area (Å²) < 4.78 is 0. The summed E-state index contributed by atoms with van der Waals surface area (Å²) in [6, 6.07) is 11.4. The summed E-state index contributed by atoms with van der Waals surface area (Å²) in [5, 5.41) is 3.58. The highest BCUT2D eigenvalue weighted by Crippen LogP contribution is 2.29. The average molecular weight is 414 g/mol. The Morgan fingerprint density at radius 2 is 1.82 bits per heavy atom. The van der Waals surface area contributed by atoms with Gasteiger partial charge in [0.15, 0.2) is 5.96 Å². The number of piperazine rings is 1. The lowest BCUT2D eigenvalue weighted by atomic mass is 10.2. The molecule has 0 radical (unpaired) electrons. The van der Waals surface area contributed by atoms with Gasteiger partial charge in [0.25, 0.3) is 0 Å². The number of halogens is 1. The standard InChI is InChI=1S/C17H26N4.HI/c1-14-12-16(14)19-17(18-2)21-10-8-20(9-11-21)13-15-6-4-3-5-7-15;/h3-7,14,16H,8-13H2,1-2H3,(H,18,19);1H.